The molecule has 1 aliphatic rings. The van der Waals surface area contributed by atoms with Crippen molar-refractivity contribution >= 4 is 34.2 Å². The first-order valence-corrected chi connectivity index (χ1v) is 7.31. The van der Waals surface area contributed by atoms with E-state index in [-0.39, 0.29) is 0 Å². The number of benzene rings is 1. The van der Waals surface area contributed by atoms with Crippen molar-refractivity contribution in [3.05, 3.63) is 35.2 Å². The van der Waals surface area contributed by atoms with Crippen LogP contribution in [-0.2, 0) is 0 Å². The standard InChI is InChI=1S/C15H16N4S/c1-18-7-6-10(9-18)19-14-11-4-2-3-5-12(11)16-8-13(14)17-15(19)20/h2-5,8,10H,6-7,9H2,1H3,(H,17,20). The Kier molecular flexibility index (Phi) is 2.65. The first-order chi connectivity index (χ1) is 9.74. The van der Waals surface area contributed by atoms with Crippen molar-refractivity contribution in [3.63, 3.8) is 0 Å². The van der Waals surface area contributed by atoms with Crippen LogP contribution in [0.1, 0.15) is 12.5 Å². The average Bonchev–Trinajstić information content (AvgIpc) is 3.01. The Hall–Kier alpha value is -1.72. The molecule has 2 aromatic heterocycles. The molecule has 1 saturated heterocycles. The fourth-order valence-electron chi connectivity index (χ4n) is 3.23. The maximum atomic E-state index is 5.55. The van der Waals surface area contributed by atoms with Crippen LogP contribution in [0.4, 0.5) is 0 Å². The van der Waals surface area contributed by atoms with Gasteiger partial charge in [-0.3, -0.25) is 4.98 Å². The number of nitrogens with one attached hydrogen (secondary N) is 1. The third kappa shape index (κ3) is 1.70. The summed E-state index contributed by atoms with van der Waals surface area (Å²) in [6, 6.07) is 8.71. The zero-order chi connectivity index (χ0) is 13.7. The van der Waals surface area contributed by atoms with Gasteiger partial charge in [0.1, 0.15) is 0 Å². The molecular weight excluding hydrogens is 268 g/mol. The fourth-order valence-corrected chi connectivity index (χ4v) is 3.58. The van der Waals surface area contributed by atoms with Gasteiger partial charge in [-0.05, 0) is 38.3 Å². The van der Waals surface area contributed by atoms with Crippen LogP contribution < -0.4 is 0 Å². The number of rotatable bonds is 1. The average molecular weight is 284 g/mol. The molecule has 3 heterocycles. The second-order valence-electron chi connectivity index (χ2n) is 5.54. The zero-order valence-electron chi connectivity index (χ0n) is 11.3. The highest BCUT2D eigenvalue weighted by Crippen LogP contribution is 2.29. The molecule has 1 N–H and O–H groups in total. The summed E-state index contributed by atoms with van der Waals surface area (Å²) in [6.07, 6.45) is 3.04. The minimum atomic E-state index is 0.451. The van der Waals surface area contributed by atoms with E-state index in [0.717, 1.165) is 35.3 Å². The molecule has 4 rings (SSSR count). The largest absolute Gasteiger partial charge is 0.329 e. The first-order valence-electron chi connectivity index (χ1n) is 6.90. The molecule has 1 aliphatic heterocycles. The number of likely N-dealkylation sites (N-methyl/N-ethyl adjacent to an activating group) is 1. The van der Waals surface area contributed by atoms with Gasteiger partial charge < -0.3 is 14.5 Å². The topological polar surface area (TPSA) is 36.9 Å². The van der Waals surface area contributed by atoms with E-state index in [1.165, 1.54) is 10.9 Å². The van der Waals surface area contributed by atoms with Crippen LogP contribution in [0.3, 0.4) is 0 Å². The summed E-state index contributed by atoms with van der Waals surface area (Å²) >= 11 is 5.55. The lowest BCUT2D eigenvalue weighted by molar-refractivity contribution is 0.394. The third-order valence-corrected chi connectivity index (χ3v) is 4.48. The number of hydrogen-bond acceptors (Lipinski definition) is 3. The maximum Gasteiger partial charge on any atom is 0.178 e. The molecule has 0 spiro atoms. The molecule has 20 heavy (non-hydrogen) atoms. The third-order valence-electron chi connectivity index (χ3n) is 4.18. The SMILES string of the molecule is CN1CCC(n2c(=S)[nH]c3cnc4ccccc4c32)C1. The summed E-state index contributed by atoms with van der Waals surface area (Å²) in [6.45, 7) is 2.18. The smallest absolute Gasteiger partial charge is 0.178 e. The molecule has 102 valence electrons. The zero-order valence-corrected chi connectivity index (χ0v) is 12.2. The molecule has 0 aliphatic carbocycles. The summed E-state index contributed by atoms with van der Waals surface area (Å²) < 4.78 is 3.09. The van der Waals surface area contributed by atoms with E-state index >= 15 is 0 Å². The van der Waals surface area contributed by atoms with Crippen molar-refractivity contribution in [1.82, 2.24) is 19.4 Å². The summed E-state index contributed by atoms with van der Waals surface area (Å²) in [5.74, 6) is 0. The van der Waals surface area contributed by atoms with Crippen molar-refractivity contribution in [1.29, 1.82) is 0 Å². The molecule has 0 radical (unpaired) electrons. The van der Waals surface area contributed by atoms with Crippen LogP contribution in [0.15, 0.2) is 30.5 Å². The second-order valence-corrected chi connectivity index (χ2v) is 5.93. The van der Waals surface area contributed by atoms with Crippen molar-refractivity contribution in [3.8, 4) is 0 Å². The van der Waals surface area contributed by atoms with Gasteiger partial charge in [-0.2, -0.15) is 0 Å². The monoisotopic (exact) mass is 284 g/mol. The molecule has 0 saturated carbocycles. The van der Waals surface area contributed by atoms with E-state index in [1.54, 1.807) is 0 Å². The van der Waals surface area contributed by atoms with E-state index in [1.807, 2.05) is 12.3 Å². The number of fused-ring (bicyclic) bond motifs is 3. The number of aromatic amines is 1. The molecule has 1 unspecified atom stereocenters. The van der Waals surface area contributed by atoms with Crippen molar-refractivity contribution in [2.75, 3.05) is 20.1 Å². The van der Waals surface area contributed by atoms with Crippen LogP contribution in [0.5, 0.6) is 0 Å². The Morgan fingerprint density at radius 3 is 3.00 bits per heavy atom. The van der Waals surface area contributed by atoms with Crippen molar-refractivity contribution in [2.45, 2.75) is 12.5 Å². The number of pyridine rings is 1. The molecule has 1 aromatic carbocycles. The molecule has 0 amide bonds. The first kappa shape index (κ1) is 12.1. The van der Waals surface area contributed by atoms with Gasteiger partial charge in [0.05, 0.1) is 28.8 Å². The Morgan fingerprint density at radius 1 is 1.35 bits per heavy atom. The van der Waals surface area contributed by atoms with Crippen LogP contribution in [0.2, 0.25) is 0 Å². The number of H-pyrrole nitrogens is 1. The molecule has 0 bridgehead atoms. The molecule has 3 aromatic rings. The molecular formula is C15H16N4S. The molecule has 1 atom stereocenters. The summed E-state index contributed by atoms with van der Waals surface area (Å²) in [5.41, 5.74) is 3.25. The highest BCUT2D eigenvalue weighted by Gasteiger charge is 2.24. The lowest BCUT2D eigenvalue weighted by atomic mass is 10.1. The number of imidazole rings is 1. The van der Waals surface area contributed by atoms with Gasteiger partial charge in [-0.15, -0.1) is 0 Å². The van der Waals surface area contributed by atoms with Crippen LogP contribution in [0, 0.1) is 4.77 Å². The van der Waals surface area contributed by atoms with Gasteiger partial charge >= 0.3 is 0 Å². The quantitative estimate of drug-likeness (QED) is 0.698. The highest BCUT2D eigenvalue weighted by atomic mass is 32.1. The van der Waals surface area contributed by atoms with Crippen molar-refractivity contribution in [2.24, 2.45) is 0 Å². The van der Waals surface area contributed by atoms with E-state index in [9.17, 15) is 0 Å². The fraction of sp³-hybridized carbons (Fsp3) is 0.333. The Morgan fingerprint density at radius 2 is 2.20 bits per heavy atom. The Bertz CT molecular complexity index is 848. The van der Waals surface area contributed by atoms with Crippen LogP contribution in [0.25, 0.3) is 21.9 Å². The molecule has 4 nitrogen and oxygen atoms in total. The van der Waals surface area contributed by atoms with E-state index in [0.29, 0.717) is 6.04 Å². The highest BCUT2D eigenvalue weighted by molar-refractivity contribution is 7.71. The predicted molar refractivity (Wildman–Crippen MR) is 83.6 cm³/mol. The lowest BCUT2D eigenvalue weighted by Crippen LogP contribution is -2.16. The van der Waals surface area contributed by atoms with Gasteiger partial charge in [0.15, 0.2) is 4.77 Å². The molecule has 1 fully saturated rings. The van der Waals surface area contributed by atoms with Gasteiger partial charge in [0.2, 0.25) is 0 Å². The Balaban J connectivity index is 2.06. The summed E-state index contributed by atoms with van der Waals surface area (Å²) in [7, 11) is 2.16. The van der Waals surface area contributed by atoms with Crippen LogP contribution >= 0.6 is 12.2 Å². The van der Waals surface area contributed by atoms with Gasteiger partial charge in [0.25, 0.3) is 0 Å². The minimum absolute atomic E-state index is 0.451. The molecule has 5 heteroatoms. The van der Waals surface area contributed by atoms with E-state index in [4.69, 9.17) is 12.2 Å². The van der Waals surface area contributed by atoms with Gasteiger partial charge in [0, 0.05) is 11.9 Å². The normalized spacial score (nSPS) is 20.1. The van der Waals surface area contributed by atoms with Gasteiger partial charge in [-0.1, -0.05) is 18.2 Å². The number of aromatic nitrogens is 3. The summed E-state index contributed by atoms with van der Waals surface area (Å²) in [4.78, 5) is 10.2. The van der Waals surface area contributed by atoms with E-state index < -0.39 is 0 Å². The van der Waals surface area contributed by atoms with E-state index in [2.05, 4.69) is 44.7 Å². The number of hydrogen-bond donors (Lipinski definition) is 1. The minimum Gasteiger partial charge on any atom is -0.329 e. The number of nitrogens with zero attached hydrogens (tertiary/aromatic N) is 3. The number of likely N-dealkylation sites (tertiary alicyclic amines) is 1. The van der Waals surface area contributed by atoms with Gasteiger partial charge in [-0.25, -0.2) is 0 Å². The predicted octanol–water partition coefficient (Wildman–Crippen LogP) is 3.12. The lowest BCUT2D eigenvalue weighted by Gasteiger charge is -2.14. The summed E-state index contributed by atoms with van der Waals surface area (Å²) in [5, 5.41) is 1.17. The second kappa shape index (κ2) is 4.40. The van der Waals surface area contributed by atoms with Crippen molar-refractivity contribution < 1.29 is 0 Å². The maximum absolute atomic E-state index is 5.55. The number of para-hydroxylation sites is 1. The van der Waals surface area contributed by atoms with Crippen LogP contribution in [-0.4, -0.2) is 39.6 Å². The Labute approximate surface area is 122 Å².